The Kier molecular flexibility index (Phi) is 5.08. The van der Waals surface area contributed by atoms with Crippen LogP contribution in [0.15, 0.2) is 18.7 Å². The second-order valence-corrected chi connectivity index (χ2v) is 5.66. The summed E-state index contributed by atoms with van der Waals surface area (Å²) in [7, 11) is 0. The number of nitrogens with zero attached hydrogens (tertiary/aromatic N) is 5. The highest BCUT2D eigenvalue weighted by atomic mass is 15.3. The normalized spacial score (nSPS) is 12.6. The minimum absolute atomic E-state index is 0.200. The quantitative estimate of drug-likeness (QED) is 0.812. The van der Waals surface area contributed by atoms with Gasteiger partial charge in [-0.2, -0.15) is 15.0 Å². The Labute approximate surface area is 125 Å². The molecule has 0 spiro atoms. The lowest BCUT2D eigenvalue weighted by atomic mass is 10.0. The topological polar surface area (TPSA) is 94.5 Å². The van der Waals surface area contributed by atoms with Gasteiger partial charge in [0.15, 0.2) is 0 Å². The molecule has 0 aliphatic heterocycles. The summed E-state index contributed by atoms with van der Waals surface area (Å²) in [6, 6.07) is 0.293. The molecule has 0 aliphatic rings. The number of imidazole rings is 1. The molecule has 0 saturated carbocycles. The monoisotopic (exact) mass is 289 g/mol. The smallest absolute Gasteiger partial charge is 0.241 e. The zero-order chi connectivity index (χ0) is 15.2. The van der Waals surface area contributed by atoms with Crippen LogP contribution in [0.3, 0.4) is 0 Å². The van der Waals surface area contributed by atoms with E-state index in [9.17, 15) is 0 Å². The fourth-order valence-corrected chi connectivity index (χ4v) is 2.06. The Bertz CT molecular complexity index is 550. The molecule has 2 aromatic rings. The predicted octanol–water partition coefficient (Wildman–Crippen LogP) is 2.27. The van der Waals surface area contributed by atoms with Crippen molar-refractivity contribution in [2.24, 2.45) is 5.92 Å². The molecule has 2 heterocycles. The fraction of sp³-hybridized carbons (Fsp3) is 0.571. The van der Waals surface area contributed by atoms with Crippen molar-refractivity contribution in [3.05, 3.63) is 18.7 Å². The molecule has 0 aromatic carbocycles. The van der Waals surface area contributed by atoms with Gasteiger partial charge >= 0.3 is 0 Å². The molecule has 3 N–H and O–H groups in total. The summed E-state index contributed by atoms with van der Waals surface area (Å²) in [5.74, 6) is 1.91. The molecule has 21 heavy (non-hydrogen) atoms. The van der Waals surface area contributed by atoms with Gasteiger partial charge < -0.3 is 11.1 Å². The van der Waals surface area contributed by atoms with Crippen LogP contribution in [0.1, 0.15) is 40.0 Å². The Hall–Kier alpha value is -2.18. The van der Waals surface area contributed by atoms with E-state index in [4.69, 9.17) is 5.73 Å². The lowest BCUT2D eigenvalue weighted by molar-refractivity contribution is 0.519. The number of hydrogen-bond acceptors (Lipinski definition) is 6. The third kappa shape index (κ3) is 4.70. The van der Waals surface area contributed by atoms with E-state index in [1.54, 1.807) is 23.3 Å². The molecule has 1 unspecified atom stereocenters. The predicted molar refractivity (Wildman–Crippen MR) is 83.1 cm³/mol. The first-order chi connectivity index (χ1) is 10.0. The Balaban J connectivity index is 2.00. The Morgan fingerprint density at radius 2 is 2.00 bits per heavy atom. The van der Waals surface area contributed by atoms with E-state index in [0.717, 1.165) is 12.3 Å². The molecular weight excluding hydrogens is 266 g/mol. The minimum atomic E-state index is 0.200. The molecule has 0 bridgehead atoms. The molecule has 1 atom stereocenters. The van der Waals surface area contributed by atoms with Crippen molar-refractivity contribution in [2.45, 2.75) is 46.1 Å². The zero-order valence-corrected chi connectivity index (χ0v) is 12.8. The van der Waals surface area contributed by atoms with Crippen LogP contribution in [0.2, 0.25) is 0 Å². The summed E-state index contributed by atoms with van der Waals surface area (Å²) in [4.78, 5) is 16.6. The SMILES string of the molecule is CC(C)CCCC(C)Nc1nc(N)nc(-n2ccnc2)n1. The lowest BCUT2D eigenvalue weighted by Gasteiger charge is -2.15. The van der Waals surface area contributed by atoms with Crippen LogP contribution >= 0.6 is 0 Å². The average molecular weight is 289 g/mol. The van der Waals surface area contributed by atoms with Gasteiger partial charge in [-0.05, 0) is 19.3 Å². The first-order valence-electron chi connectivity index (χ1n) is 7.31. The Morgan fingerprint density at radius 3 is 2.67 bits per heavy atom. The molecule has 2 rings (SSSR count). The summed E-state index contributed by atoms with van der Waals surface area (Å²) in [6.45, 7) is 6.60. The highest BCUT2D eigenvalue weighted by molar-refractivity contribution is 5.35. The van der Waals surface area contributed by atoms with Crippen molar-refractivity contribution in [3.63, 3.8) is 0 Å². The molecule has 114 valence electrons. The van der Waals surface area contributed by atoms with Crippen molar-refractivity contribution in [1.82, 2.24) is 24.5 Å². The fourth-order valence-electron chi connectivity index (χ4n) is 2.06. The highest BCUT2D eigenvalue weighted by Crippen LogP contribution is 2.12. The standard InChI is InChI=1S/C14H23N7/c1-10(2)5-4-6-11(3)17-13-18-12(15)19-14(20-13)21-8-7-16-9-21/h7-11H,4-6H2,1-3H3,(H3,15,17,18,19,20). The van der Waals surface area contributed by atoms with Crippen molar-refractivity contribution in [2.75, 3.05) is 11.1 Å². The van der Waals surface area contributed by atoms with Gasteiger partial charge in [0.1, 0.15) is 6.33 Å². The molecule has 0 saturated heterocycles. The van der Waals surface area contributed by atoms with Gasteiger partial charge in [-0.25, -0.2) is 4.98 Å². The van der Waals surface area contributed by atoms with Gasteiger partial charge in [0.25, 0.3) is 0 Å². The van der Waals surface area contributed by atoms with Gasteiger partial charge in [0.05, 0.1) is 0 Å². The molecule has 2 aromatic heterocycles. The number of anilines is 2. The molecule has 7 nitrogen and oxygen atoms in total. The van der Waals surface area contributed by atoms with Crippen LogP contribution in [0.5, 0.6) is 0 Å². The molecule has 0 fully saturated rings. The highest BCUT2D eigenvalue weighted by Gasteiger charge is 2.09. The van der Waals surface area contributed by atoms with E-state index in [2.05, 4.69) is 46.0 Å². The van der Waals surface area contributed by atoms with E-state index < -0.39 is 0 Å². The van der Waals surface area contributed by atoms with Gasteiger partial charge in [0, 0.05) is 18.4 Å². The maximum Gasteiger partial charge on any atom is 0.241 e. The van der Waals surface area contributed by atoms with Crippen molar-refractivity contribution in [3.8, 4) is 5.95 Å². The number of nitrogen functional groups attached to an aromatic ring is 1. The van der Waals surface area contributed by atoms with E-state index in [0.29, 0.717) is 17.9 Å². The van der Waals surface area contributed by atoms with Crippen LogP contribution < -0.4 is 11.1 Å². The summed E-state index contributed by atoms with van der Waals surface area (Å²) in [5.41, 5.74) is 5.75. The van der Waals surface area contributed by atoms with Crippen molar-refractivity contribution < 1.29 is 0 Å². The van der Waals surface area contributed by atoms with Crippen LogP contribution in [-0.4, -0.2) is 30.5 Å². The maximum absolute atomic E-state index is 5.75. The number of rotatable bonds is 7. The maximum atomic E-state index is 5.75. The van der Waals surface area contributed by atoms with Crippen LogP contribution in [0.4, 0.5) is 11.9 Å². The van der Waals surface area contributed by atoms with Crippen LogP contribution in [0, 0.1) is 5.92 Å². The van der Waals surface area contributed by atoms with Crippen LogP contribution in [-0.2, 0) is 0 Å². The molecule has 0 amide bonds. The first-order valence-corrected chi connectivity index (χ1v) is 7.31. The van der Waals surface area contributed by atoms with Crippen molar-refractivity contribution in [1.29, 1.82) is 0 Å². The van der Waals surface area contributed by atoms with Gasteiger partial charge in [-0.3, -0.25) is 4.57 Å². The van der Waals surface area contributed by atoms with Crippen LogP contribution in [0.25, 0.3) is 5.95 Å². The largest absolute Gasteiger partial charge is 0.368 e. The summed E-state index contributed by atoms with van der Waals surface area (Å²) in [5, 5.41) is 3.28. The van der Waals surface area contributed by atoms with E-state index >= 15 is 0 Å². The minimum Gasteiger partial charge on any atom is -0.368 e. The molecular formula is C14H23N7. The zero-order valence-electron chi connectivity index (χ0n) is 12.8. The number of nitrogens with two attached hydrogens (primary N) is 1. The summed E-state index contributed by atoms with van der Waals surface area (Å²) in [6.07, 6.45) is 8.55. The van der Waals surface area contributed by atoms with Crippen molar-refractivity contribution >= 4 is 11.9 Å². The first kappa shape index (κ1) is 15.2. The van der Waals surface area contributed by atoms with E-state index in [1.807, 2.05) is 0 Å². The number of aromatic nitrogens is 5. The van der Waals surface area contributed by atoms with Gasteiger partial charge in [-0.15, -0.1) is 0 Å². The lowest BCUT2D eigenvalue weighted by Crippen LogP contribution is -2.19. The van der Waals surface area contributed by atoms with E-state index in [1.165, 1.54) is 12.8 Å². The second kappa shape index (κ2) is 7.01. The molecule has 0 aliphatic carbocycles. The second-order valence-electron chi connectivity index (χ2n) is 5.66. The third-order valence-electron chi connectivity index (χ3n) is 3.17. The average Bonchev–Trinajstić information content (AvgIpc) is 2.91. The van der Waals surface area contributed by atoms with E-state index in [-0.39, 0.29) is 5.95 Å². The molecule has 0 radical (unpaired) electrons. The third-order valence-corrected chi connectivity index (χ3v) is 3.17. The number of hydrogen-bond donors (Lipinski definition) is 2. The summed E-state index contributed by atoms with van der Waals surface area (Å²) >= 11 is 0. The van der Waals surface area contributed by atoms with Gasteiger partial charge in [0.2, 0.25) is 17.8 Å². The van der Waals surface area contributed by atoms with Gasteiger partial charge in [-0.1, -0.05) is 26.7 Å². The molecule has 7 heteroatoms. The Morgan fingerprint density at radius 1 is 1.19 bits per heavy atom. The number of nitrogens with one attached hydrogen (secondary N) is 1. The summed E-state index contributed by atoms with van der Waals surface area (Å²) < 4.78 is 1.70.